The topological polar surface area (TPSA) is 61.4 Å². The van der Waals surface area contributed by atoms with Crippen LogP contribution in [0.5, 0.6) is 0 Å². The molecule has 0 saturated heterocycles. The van der Waals surface area contributed by atoms with Gasteiger partial charge in [0.05, 0.1) is 13.1 Å². The number of carbonyl (C=O) groups excluding carboxylic acids is 2. The number of anilines is 1. The monoisotopic (exact) mass is 289 g/mol. The zero-order valence-electron chi connectivity index (χ0n) is 12.9. The van der Waals surface area contributed by atoms with Crippen molar-refractivity contribution < 1.29 is 9.59 Å². The molecule has 1 aliphatic rings. The number of carbonyl (C=O) groups is 2. The highest BCUT2D eigenvalue weighted by atomic mass is 16.2. The molecule has 5 nitrogen and oxygen atoms in total. The summed E-state index contributed by atoms with van der Waals surface area (Å²) in [4.78, 5) is 25.4. The maximum Gasteiger partial charge on any atom is 0.238 e. The molecule has 21 heavy (non-hydrogen) atoms. The van der Waals surface area contributed by atoms with Gasteiger partial charge in [-0.1, -0.05) is 12.1 Å². The molecule has 1 fully saturated rings. The average molecular weight is 289 g/mol. The number of rotatable bonds is 6. The molecular formula is C16H23N3O2. The minimum Gasteiger partial charge on any atom is -0.352 e. The Bertz CT molecular complexity index is 538. The van der Waals surface area contributed by atoms with E-state index in [1.807, 2.05) is 32.0 Å². The van der Waals surface area contributed by atoms with E-state index in [0.29, 0.717) is 6.04 Å². The molecule has 114 valence electrons. The van der Waals surface area contributed by atoms with Gasteiger partial charge in [0.15, 0.2) is 0 Å². The number of benzene rings is 1. The van der Waals surface area contributed by atoms with Crippen molar-refractivity contribution in [2.45, 2.75) is 32.7 Å². The molecule has 2 rings (SSSR count). The van der Waals surface area contributed by atoms with Crippen molar-refractivity contribution in [2.75, 3.05) is 25.5 Å². The molecule has 0 bridgehead atoms. The lowest BCUT2D eigenvalue weighted by Gasteiger charge is -2.17. The molecule has 0 heterocycles. The van der Waals surface area contributed by atoms with Crippen molar-refractivity contribution in [1.82, 2.24) is 10.2 Å². The minimum atomic E-state index is -0.106. The van der Waals surface area contributed by atoms with Crippen molar-refractivity contribution in [2.24, 2.45) is 0 Å². The highest BCUT2D eigenvalue weighted by Crippen LogP contribution is 2.18. The Labute approximate surface area is 125 Å². The highest BCUT2D eigenvalue weighted by Gasteiger charge is 2.23. The van der Waals surface area contributed by atoms with Crippen molar-refractivity contribution in [3.8, 4) is 0 Å². The number of nitrogens with zero attached hydrogens (tertiary/aromatic N) is 1. The number of likely N-dealkylation sites (N-methyl/N-ethyl adjacent to an activating group) is 1. The van der Waals surface area contributed by atoms with Gasteiger partial charge in [0.1, 0.15) is 0 Å². The smallest absolute Gasteiger partial charge is 0.238 e. The van der Waals surface area contributed by atoms with Gasteiger partial charge in [-0.2, -0.15) is 0 Å². The zero-order chi connectivity index (χ0) is 15.4. The molecule has 0 spiro atoms. The van der Waals surface area contributed by atoms with Gasteiger partial charge in [0.25, 0.3) is 0 Å². The summed E-state index contributed by atoms with van der Waals surface area (Å²) in [6.45, 7) is 4.44. The third kappa shape index (κ3) is 4.86. The average Bonchev–Trinajstić information content (AvgIpc) is 3.18. The van der Waals surface area contributed by atoms with Gasteiger partial charge >= 0.3 is 0 Å². The quantitative estimate of drug-likeness (QED) is 0.833. The number of hydrogen-bond acceptors (Lipinski definition) is 3. The van der Waals surface area contributed by atoms with Gasteiger partial charge in [0.2, 0.25) is 11.8 Å². The highest BCUT2D eigenvalue weighted by molar-refractivity contribution is 5.93. The molecular weight excluding hydrogens is 266 g/mol. The summed E-state index contributed by atoms with van der Waals surface area (Å²) < 4.78 is 0. The molecule has 0 aromatic heterocycles. The van der Waals surface area contributed by atoms with Crippen LogP contribution in [-0.4, -0.2) is 42.9 Å². The van der Waals surface area contributed by atoms with E-state index in [0.717, 1.165) is 29.7 Å². The lowest BCUT2D eigenvalue weighted by molar-refractivity contribution is -0.123. The molecule has 0 aliphatic heterocycles. The first-order chi connectivity index (χ1) is 9.95. The van der Waals surface area contributed by atoms with E-state index in [1.165, 1.54) is 0 Å². The molecule has 0 unspecified atom stereocenters. The Morgan fingerprint density at radius 3 is 2.52 bits per heavy atom. The third-order valence-electron chi connectivity index (χ3n) is 3.65. The lowest BCUT2D eigenvalue weighted by Crippen LogP contribution is -2.39. The molecule has 0 atom stereocenters. The van der Waals surface area contributed by atoms with E-state index in [4.69, 9.17) is 0 Å². The Morgan fingerprint density at radius 2 is 1.86 bits per heavy atom. The first kappa shape index (κ1) is 15.5. The Balaban J connectivity index is 1.80. The van der Waals surface area contributed by atoms with Crippen LogP contribution in [0.15, 0.2) is 18.2 Å². The van der Waals surface area contributed by atoms with Crippen LogP contribution >= 0.6 is 0 Å². The van der Waals surface area contributed by atoms with Crippen LogP contribution in [0.1, 0.15) is 24.0 Å². The maximum atomic E-state index is 12.0. The van der Waals surface area contributed by atoms with Crippen molar-refractivity contribution in [1.29, 1.82) is 0 Å². The van der Waals surface area contributed by atoms with Gasteiger partial charge in [-0.25, -0.2) is 0 Å². The molecule has 2 N–H and O–H groups in total. The van der Waals surface area contributed by atoms with E-state index in [1.54, 1.807) is 11.9 Å². The Hall–Kier alpha value is -1.88. The number of aryl methyl sites for hydroxylation is 1. The zero-order valence-corrected chi connectivity index (χ0v) is 12.9. The SMILES string of the molecule is Cc1cccc(NC(=O)CN(C)CC(=O)NC2CC2)c1C. The summed E-state index contributed by atoms with van der Waals surface area (Å²) in [5.74, 6) is -0.120. The van der Waals surface area contributed by atoms with Crippen LogP contribution < -0.4 is 10.6 Å². The fourth-order valence-corrected chi connectivity index (χ4v) is 2.12. The Kier molecular flexibility index (Phi) is 4.96. The van der Waals surface area contributed by atoms with Gasteiger partial charge in [-0.05, 0) is 50.9 Å². The second-order valence-electron chi connectivity index (χ2n) is 5.81. The van der Waals surface area contributed by atoms with Crippen molar-refractivity contribution in [3.05, 3.63) is 29.3 Å². The van der Waals surface area contributed by atoms with Crippen LogP contribution in [-0.2, 0) is 9.59 Å². The van der Waals surface area contributed by atoms with E-state index in [-0.39, 0.29) is 24.9 Å². The molecule has 0 radical (unpaired) electrons. The second-order valence-corrected chi connectivity index (χ2v) is 5.81. The van der Waals surface area contributed by atoms with Gasteiger partial charge in [-0.15, -0.1) is 0 Å². The predicted octanol–water partition coefficient (Wildman–Crippen LogP) is 1.45. The van der Waals surface area contributed by atoms with Crippen molar-refractivity contribution in [3.63, 3.8) is 0 Å². The summed E-state index contributed by atoms with van der Waals surface area (Å²) >= 11 is 0. The fraction of sp³-hybridized carbons (Fsp3) is 0.500. The van der Waals surface area contributed by atoms with Gasteiger partial charge in [-0.3, -0.25) is 14.5 Å². The number of amides is 2. The van der Waals surface area contributed by atoms with Crippen molar-refractivity contribution >= 4 is 17.5 Å². The summed E-state index contributed by atoms with van der Waals surface area (Å²) in [5.41, 5.74) is 3.04. The maximum absolute atomic E-state index is 12.0. The summed E-state index contributed by atoms with van der Waals surface area (Å²) in [7, 11) is 1.77. The van der Waals surface area contributed by atoms with Crippen LogP contribution in [0.25, 0.3) is 0 Å². The molecule has 1 aromatic carbocycles. The standard InChI is InChI=1S/C16H23N3O2/c1-11-5-4-6-14(12(11)2)18-16(21)10-19(3)9-15(20)17-13-7-8-13/h4-6,13H,7-10H2,1-3H3,(H,17,20)(H,18,21). The third-order valence-corrected chi connectivity index (χ3v) is 3.65. The predicted molar refractivity (Wildman–Crippen MR) is 83.2 cm³/mol. The van der Waals surface area contributed by atoms with Gasteiger partial charge < -0.3 is 10.6 Å². The van der Waals surface area contributed by atoms with E-state index in [2.05, 4.69) is 10.6 Å². The van der Waals surface area contributed by atoms with Crippen LogP contribution in [0.4, 0.5) is 5.69 Å². The molecule has 1 saturated carbocycles. The normalized spacial score (nSPS) is 14.1. The van der Waals surface area contributed by atoms with E-state index in [9.17, 15) is 9.59 Å². The van der Waals surface area contributed by atoms with Gasteiger partial charge in [0, 0.05) is 11.7 Å². The lowest BCUT2D eigenvalue weighted by atomic mass is 10.1. The summed E-state index contributed by atoms with van der Waals surface area (Å²) in [5, 5.41) is 5.81. The van der Waals surface area contributed by atoms with E-state index >= 15 is 0 Å². The first-order valence-corrected chi connectivity index (χ1v) is 7.29. The summed E-state index contributed by atoms with van der Waals surface area (Å²) in [6, 6.07) is 6.18. The van der Waals surface area contributed by atoms with E-state index < -0.39 is 0 Å². The van der Waals surface area contributed by atoms with Crippen LogP contribution in [0.3, 0.4) is 0 Å². The molecule has 2 amide bonds. The molecule has 1 aromatic rings. The largest absolute Gasteiger partial charge is 0.352 e. The molecule has 5 heteroatoms. The van der Waals surface area contributed by atoms with Crippen LogP contribution in [0.2, 0.25) is 0 Å². The number of nitrogens with one attached hydrogen (secondary N) is 2. The first-order valence-electron chi connectivity index (χ1n) is 7.29. The Morgan fingerprint density at radius 1 is 1.19 bits per heavy atom. The number of hydrogen-bond donors (Lipinski definition) is 2. The van der Waals surface area contributed by atoms with Crippen LogP contribution in [0, 0.1) is 13.8 Å². The summed E-state index contributed by atoms with van der Waals surface area (Å²) in [6.07, 6.45) is 2.14. The molecule has 1 aliphatic carbocycles. The fourth-order valence-electron chi connectivity index (χ4n) is 2.12. The second kappa shape index (κ2) is 6.72. The minimum absolute atomic E-state index is 0.0143.